The van der Waals surface area contributed by atoms with Crippen molar-refractivity contribution in [3.8, 4) is 0 Å². The van der Waals surface area contributed by atoms with E-state index in [-0.39, 0.29) is 24.3 Å². The zero-order valence-corrected chi connectivity index (χ0v) is 11.3. The molecule has 18 heavy (non-hydrogen) atoms. The van der Waals surface area contributed by atoms with Crippen LogP contribution in [0.1, 0.15) is 33.1 Å². The summed E-state index contributed by atoms with van der Waals surface area (Å²) in [7, 11) is 2.06. The third-order valence-corrected chi connectivity index (χ3v) is 2.67. The first-order valence-corrected chi connectivity index (χ1v) is 6.29. The first-order chi connectivity index (χ1) is 8.47. The minimum atomic E-state index is -0.362. The molecule has 0 aromatic carbocycles. The molecule has 6 nitrogen and oxygen atoms in total. The Bertz CT molecular complexity index is 329. The molecule has 1 heterocycles. The van der Waals surface area contributed by atoms with E-state index in [1.54, 1.807) is 0 Å². The van der Waals surface area contributed by atoms with Crippen LogP contribution in [0.3, 0.4) is 0 Å². The van der Waals surface area contributed by atoms with Gasteiger partial charge in [0.1, 0.15) is 6.42 Å². The molecule has 0 unspecified atom stereocenters. The Morgan fingerprint density at radius 3 is 2.44 bits per heavy atom. The van der Waals surface area contributed by atoms with Crippen molar-refractivity contribution in [2.75, 3.05) is 20.1 Å². The minimum absolute atomic E-state index is 0.0468. The highest BCUT2D eigenvalue weighted by molar-refractivity contribution is 5.97. The van der Waals surface area contributed by atoms with Gasteiger partial charge in [-0.3, -0.25) is 9.59 Å². The van der Waals surface area contributed by atoms with Crippen LogP contribution in [0, 0.1) is 0 Å². The molecule has 1 rings (SSSR count). The summed E-state index contributed by atoms with van der Waals surface area (Å²) in [4.78, 5) is 25.0. The first-order valence-electron chi connectivity index (χ1n) is 6.29. The van der Waals surface area contributed by atoms with E-state index in [9.17, 15) is 9.59 Å². The summed E-state index contributed by atoms with van der Waals surface area (Å²) in [5, 5.41) is 6.72. The molecule has 0 saturated carbocycles. The fourth-order valence-corrected chi connectivity index (χ4v) is 1.69. The zero-order chi connectivity index (χ0) is 13.5. The molecule has 102 valence electrons. The normalized spacial score (nSPS) is 16.6. The summed E-state index contributed by atoms with van der Waals surface area (Å²) in [6.07, 6.45) is 1.57. The van der Waals surface area contributed by atoms with Crippen molar-refractivity contribution in [1.82, 2.24) is 15.6 Å². The maximum absolute atomic E-state index is 11.5. The second kappa shape index (κ2) is 7.10. The van der Waals surface area contributed by atoms with E-state index in [1.165, 1.54) is 0 Å². The molecule has 0 aromatic rings. The quantitative estimate of drug-likeness (QED) is 0.552. The standard InChI is InChI=1S/C12H22N4O2/c1-9(2)13-11(17)8-12(18)15-14-10-4-6-16(3)7-5-10/h9H,4-8H2,1-3H3,(H,13,17)(H,15,18). The van der Waals surface area contributed by atoms with E-state index in [0.29, 0.717) is 0 Å². The second-order valence-corrected chi connectivity index (χ2v) is 4.92. The van der Waals surface area contributed by atoms with Crippen LogP contribution >= 0.6 is 0 Å². The zero-order valence-electron chi connectivity index (χ0n) is 11.3. The van der Waals surface area contributed by atoms with Gasteiger partial charge in [-0.25, -0.2) is 5.43 Å². The van der Waals surface area contributed by atoms with Gasteiger partial charge >= 0.3 is 0 Å². The number of piperidine rings is 1. The topological polar surface area (TPSA) is 73.8 Å². The molecule has 1 saturated heterocycles. The highest BCUT2D eigenvalue weighted by Crippen LogP contribution is 2.04. The predicted octanol–water partition coefficient (Wildman–Crippen LogP) is 0.0989. The SMILES string of the molecule is CC(C)NC(=O)CC(=O)NN=C1CCN(C)CC1. The van der Waals surface area contributed by atoms with Gasteiger partial charge in [0.15, 0.2) is 0 Å². The number of hydrogen-bond donors (Lipinski definition) is 2. The minimum Gasteiger partial charge on any atom is -0.353 e. The first kappa shape index (κ1) is 14.6. The Kier molecular flexibility index (Phi) is 5.77. The highest BCUT2D eigenvalue weighted by atomic mass is 16.2. The molecule has 0 bridgehead atoms. The molecule has 2 amide bonds. The van der Waals surface area contributed by atoms with E-state index in [2.05, 4.69) is 27.8 Å². The van der Waals surface area contributed by atoms with Gasteiger partial charge in [-0.2, -0.15) is 5.10 Å². The molecular formula is C12H22N4O2. The fourth-order valence-electron chi connectivity index (χ4n) is 1.69. The van der Waals surface area contributed by atoms with E-state index in [0.717, 1.165) is 31.6 Å². The van der Waals surface area contributed by atoms with Gasteiger partial charge < -0.3 is 10.2 Å². The molecule has 0 spiro atoms. The summed E-state index contributed by atoms with van der Waals surface area (Å²) in [6, 6.07) is 0.0468. The van der Waals surface area contributed by atoms with Crippen LogP contribution < -0.4 is 10.7 Å². The van der Waals surface area contributed by atoms with Crippen molar-refractivity contribution in [3.05, 3.63) is 0 Å². The van der Waals surface area contributed by atoms with Crippen LogP contribution in [0.5, 0.6) is 0 Å². The van der Waals surface area contributed by atoms with Gasteiger partial charge in [0, 0.05) is 37.7 Å². The van der Waals surface area contributed by atoms with Crippen molar-refractivity contribution < 1.29 is 9.59 Å². The summed E-state index contributed by atoms with van der Waals surface area (Å²) in [6.45, 7) is 5.63. The average Bonchev–Trinajstić information content (AvgIpc) is 2.27. The summed E-state index contributed by atoms with van der Waals surface area (Å²) in [5.41, 5.74) is 3.43. The molecule has 1 fully saturated rings. The van der Waals surface area contributed by atoms with Crippen LogP contribution in [0.2, 0.25) is 0 Å². The summed E-state index contributed by atoms with van der Waals surface area (Å²) in [5.74, 6) is -0.634. The number of hydrogen-bond acceptors (Lipinski definition) is 4. The number of hydrazone groups is 1. The molecule has 6 heteroatoms. The largest absolute Gasteiger partial charge is 0.353 e. The number of rotatable bonds is 4. The Morgan fingerprint density at radius 2 is 1.89 bits per heavy atom. The molecule has 0 aromatic heterocycles. The lowest BCUT2D eigenvalue weighted by atomic mass is 10.1. The van der Waals surface area contributed by atoms with Gasteiger partial charge in [-0.1, -0.05) is 0 Å². The van der Waals surface area contributed by atoms with Crippen molar-refractivity contribution >= 4 is 17.5 Å². The number of nitrogens with zero attached hydrogens (tertiary/aromatic N) is 2. The smallest absolute Gasteiger partial charge is 0.249 e. The molecule has 2 N–H and O–H groups in total. The van der Waals surface area contributed by atoms with Gasteiger partial charge in [-0.15, -0.1) is 0 Å². The maximum atomic E-state index is 11.5. The molecule has 0 aliphatic carbocycles. The Labute approximate surface area is 108 Å². The lowest BCUT2D eigenvalue weighted by Crippen LogP contribution is -2.35. The van der Waals surface area contributed by atoms with Gasteiger partial charge in [0.05, 0.1) is 0 Å². The number of carbonyl (C=O) groups is 2. The maximum Gasteiger partial charge on any atom is 0.249 e. The van der Waals surface area contributed by atoms with Crippen molar-refractivity contribution in [1.29, 1.82) is 0 Å². The van der Waals surface area contributed by atoms with E-state index >= 15 is 0 Å². The molecule has 1 aliphatic rings. The Balaban J connectivity index is 2.28. The summed E-state index contributed by atoms with van der Waals surface area (Å²) >= 11 is 0. The molecule has 0 radical (unpaired) electrons. The Morgan fingerprint density at radius 1 is 1.28 bits per heavy atom. The predicted molar refractivity (Wildman–Crippen MR) is 70.2 cm³/mol. The van der Waals surface area contributed by atoms with Gasteiger partial charge in [0.25, 0.3) is 0 Å². The number of likely N-dealkylation sites (tertiary alicyclic amines) is 1. The lowest BCUT2D eigenvalue weighted by Gasteiger charge is -2.22. The third-order valence-electron chi connectivity index (χ3n) is 2.67. The second-order valence-electron chi connectivity index (χ2n) is 4.92. The number of carbonyl (C=O) groups excluding carboxylic acids is 2. The van der Waals surface area contributed by atoms with Crippen LogP contribution in [-0.2, 0) is 9.59 Å². The van der Waals surface area contributed by atoms with Gasteiger partial charge in [-0.05, 0) is 20.9 Å². The molecular weight excluding hydrogens is 232 g/mol. The van der Waals surface area contributed by atoms with Crippen LogP contribution in [-0.4, -0.2) is 48.6 Å². The van der Waals surface area contributed by atoms with Crippen molar-refractivity contribution in [2.24, 2.45) is 5.10 Å². The fraction of sp³-hybridized carbons (Fsp3) is 0.750. The van der Waals surface area contributed by atoms with E-state index in [1.807, 2.05) is 13.8 Å². The van der Waals surface area contributed by atoms with Gasteiger partial charge in [0.2, 0.25) is 11.8 Å². The van der Waals surface area contributed by atoms with Crippen molar-refractivity contribution in [2.45, 2.75) is 39.2 Å². The number of amides is 2. The number of nitrogens with one attached hydrogen (secondary N) is 2. The van der Waals surface area contributed by atoms with E-state index in [4.69, 9.17) is 0 Å². The Hall–Kier alpha value is -1.43. The van der Waals surface area contributed by atoms with Crippen LogP contribution in [0.25, 0.3) is 0 Å². The third kappa shape index (κ3) is 5.77. The average molecular weight is 254 g/mol. The van der Waals surface area contributed by atoms with Crippen LogP contribution in [0.15, 0.2) is 5.10 Å². The molecule has 0 atom stereocenters. The van der Waals surface area contributed by atoms with Crippen LogP contribution in [0.4, 0.5) is 0 Å². The van der Waals surface area contributed by atoms with Crippen molar-refractivity contribution in [3.63, 3.8) is 0 Å². The molecule has 1 aliphatic heterocycles. The highest BCUT2D eigenvalue weighted by Gasteiger charge is 2.13. The monoisotopic (exact) mass is 254 g/mol. The summed E-state index contributed by atoms with van der Waals surface area (Å²) < 4.78 is 0. The lowest BCUT2D eigenvalue weighted by molar-refractivity contribution is -0.129. The van der Waals surface area contributed by atoms with E-state index < -0.39 is 0 Å².